The average molecular weight is 589 g/mol. The molecule has 0 saturated carbocycles. The van der Waals surface area contributed by atoms with Gasteiger partial charge in [0.1, 0.15) is 0 Å². The molecule has 3 heteroatoms. The topological polar surface area (TPSA) is 24.1 Å². The molecule has 7 aromatic rings. The van der Waals surface area contributed by atoms with E-state index in [1.807, 2.05) is 0 Å². The van der Waals surface area contributed by atoms with Gasteiger partial charge in [0.2, 0.25) is 0 Å². The second-order valence-electron chi connectivity index (χ2n) is 11.9. The molecule has 0 saturated heterocycles. The molecule has 0 bridgehead atoms. The van der Waals surface area contributed by atoms with Gasteiger partial charge in [0.15, 0.2) is 0 Å². The molecule has 2 N–H and O–H groups in total. The number of hydrogen-bond donors (Lipinski definition) is 2. The number of fused-ring (bicyclic) bond motifs is 2. The van der Waals surface area contributed by atoms with Crippen LogP contribution in [-0.2, 0) is 0 Å². The van der Waals surface area contributed by atoms with Crippen LogP contribution in [0.15, 0.2) is 157 Å². The van der Waals surface area contributed by atoms with Crippen molar-refractivity contribution < 1.29 is 0 Å². The minimum atomic E-state index is -1.23. The van der Waals surface area contributed by atoms with E-state index < -0.39 is 10.0 Å². The smallest absolute Gasteiger partial charge is 0.0470 e. The molecule has 0 spiro atoms. The van der Waals surface area contributed by atoms with E-state index in [9.17, 15) is 0 Å². The third-order valence-electron chi connectivity index (χ3n) is 8.13. The van der Waals surface area contributed by atoms with E-state index in [0.717, 1.165) is 22.7 Å². The number of para-hydroxylation sites is 2. The normalized spacial score (nSPS) is 11.9. The summed E-state index contributed by atoms with van der Waals surface area (Å²) in [6.45, 7) is 0. The van der Waals surface area contributed by atoms with Crippen LogP contribution in [-0.4, -0.2) is 18.8 Å². The zero-order valence-corrected chi connectivity index (χ0v) is 26.2. The molecule has 0 aromatic heterocycles. The van der Waals surface area contributed by atoms with Crippen LogP contribution >= 0.6 is 10.0 Å². The summed E-state index contributed by atoms with van der Waals surface area (Å²) in [5.74, 6) is 0. The van der Waals surface area contributed by atoms with Crippen LogP contribution < -0.4 is 10.6 Å². The van der Waals surface area contributed by atoms with Crippen LogP contribution in [0.2, 0.25) is 0 Å². The van der Waals surface area contributed by atoms with Gasteiger partial charge < -0.3 is 10.6 Å². The summed E-state index contributed by atoms with van der Waals surface area (Å²) in [6.07, 6.45) is 7.25. The molecule has 0 unspecified atom stereocenters. The minimum Gasteiger partial charge on any atom is -0.355 e. The standard InChI is InChI=1S/C41H36N2S/c1-44(2,3)41-35(39-33-21-12-10-15-29(33)25-27-37(39)42-31-17-6-4-7-18-31)23-14-24-36(41)40-34-22-13-11-16-30(34)26-28-38(40)43-32-19-8-5-9-20-32/h4-28,42-43H,1-3H3. The van der Waals surface area contributed by atoms with Crippen molar-refractivity contribution in [2.75, 3.05) is 29.4 Å². The molecule has 7 rings (SSSR count). The van der Waals surface area contributed by atoms with E-state index in [-0.39, 0.29) is 0 Å². The van der Waals surface area contributed by atoms with Gasteiger partial charge in [-0.15, -0.1) is 0 Å². The van der Waals surface area contributed by atoms with Gasteiger partial charge in [0.25, 0.3) is 0 Å². The van der Waals surface area contributed by atoms with Gasteiger partial charge in [-0.2, -0.15) is 0 Å². The van der Waals surface area contributed by atoms with Crippen molar-refractivity contribution in [1.29, 1.82) is 0 Å². The fraction of sp³-hybridized carbons (Fsp3) is 0.0732. The number of hydrogen-bond acceptors (Lipinski definition) is 2. The summed E-state index contributed by atoms with van der Waals surface area (Å²) in [5, 5.41) is 12.5. The molecule has 0 radical (unpaired) electrons. The van der Waals surface area contributed by atoms with E-state index in [0.29, 0.717) is 0 Å². The Morgan fingerprint density at radius 1 is 0.386 bits per heavy atom. The van der Waals surface area contributed by atoms with Crippen molar-refractivity contribution in [2.45, 2.75) is 4.90 Å². The summed E-state index contributed by atoms with van der Waals surface area (Å²) < 4.78 is 0. The third kappa shape index (κ3) is 5.32. The fourth-order valence-corrected chi connectivity index (χ4v) is 7.94. The highest BCUT2D eigenvalue weighted by Gasteiger charge is 2.25. The second kappa shape index (κ2) is 11.6. The highest BCUT2D eigenvalue weighted by Crippen LogP contribution is 2.57. The summed E-state index contributed by atoms with van der Waals surface area (Å²) in [6, 6.07) is 54.3. The Bertz CT molecular complexity index is 1950. The van der Waals surface area contributed by atoms with E-state index in [1.165, 1.54) is 48.7 Å². The Kier molecular flexibility index (Phi) is 7.33. The number of rotatable bonds is 7. The molecule has 0 aliphatic heterocycles. The van der Waals surface area contributed by atoms with Gasteiger partial charge in [0.05, 0.1) is 0 Å². The van der Waals surface area contributed by atoms with E-state index in [4.69, 9.17) is 0 Å². The Balaban J connectivity index is 1.54. The van der Waals surface area contributed by atoms with Crippen molar-refractivity contribution >= 4 is 54.3 Å². The fourth-order valence-electron chi connectivity index (χ4n) is 6.28. The highest BCUT2D eigenvalue weighted by molar-refractivity contribution is 8.32. The maximum atomic E-state index is 3.77. The maximum absolute atomic E-state index is 3.77. The predicted octanol–water partition coefficient (Wildman–Crippen LogP) is 11.9. The molecule has 0 amide bonds. The zero-order valence-electron chi connectivity index (χ0n) is 25.3. The van der Waals surface area contributed by atoms with Crippen molar-refractivity contribution in [1.82, 2.24) is 0 Å². The zero-order chi connectivity index (χ0) is 30.1. The predicted molar refractivity (Wildman–Crippen MR) is 195 cm³/mol. The molecular weight excluding hydrogens is 553 g/mol. The third-order valence-corrected chi connectivity index (χ3v) is 9.79. The van der Waals surface area contributed by atoms with Crippen LogP contribution in [0, 0.1) is 0 Å². The first-order valence-corrected chi connectivity index (χ1v) is 17.8. The lowest BCUT2D eigenvalue weighted by Crippen LogP contribution is -2.03. The number of benzene rings is 7. The lowest BCUT2D eigenvalue weighted by atomic mass is 9.91. The second-order valence-corrected chi connectivity index (χ2v) is 16.0. The van der Waals surface area contributed by atoms with Gasteiger partial charge >= 0.3 is 0 Å². The monoisotopic (exact) mass is 588 g/mol. The van der Waals surface area contributed by atoms with Crippen LogP contribution in [0.3, 0.4) is 0 Å². The lowest BCUT2D eigenvalue weighted by Gasteiger charge is -2.33. The minimum absolute atomic E-state index is 1.08. The lowest BCUT2D eigenvalue weighted by molar-refractivity contribution is 1.42. The van der Waals surface area contributed by atoms with E-state index in [1.54, 1.807) is 0 Å². The molecule has 216 valence electrons. The van der Waals surface area contributed by atoms with Crippen LogP contribution in [0.4, 0.5) is 22.7 Å². The van der Waals surface area contributed by atoms with Crippen LogP contribution in [0.5, 0.6) is 0 Å². The Morgan fingerprint density at radius 3 is 1.23 bits per heavy atom. The molecule has 0 heterocycles. The molecular formula is C41H36N2S. The molecule has 2 nitrogen and oxygen atoms in total. The highest BCUT2D eigenvalue weighted by atomic mass is 32.3. The SMILES string of the molecule is CS(C)(C)c1c(-c2c(Nc3ccccc3)ccc3ccccc23)cccc1-c1c(Nc2ccccc2)ccc2ccccc12. The maximum Gasteiger partial charge on any atom is 0.0470 e. The van der Waals surface area contributed by atoms with Gasteiger partial charge in [-0.25, -0.2) is 10.0 Å². The first kappa shape index (κ1) is 27.8. The van der Waals surface area contributed by atoms with Gasteiger partial charge in [-0.05, 0) is 87.8 Å². The van der Waals surface area contributed by atoms with Crippen molar-refractivity contribution in [2.24, 2.45) is 0 Å². The quantitative estimate of drug-likeness (QED) is 0.193. The van der Waals surface area contributed by atoms with Crippen LogP contribution in [0.1, 0.15) is 0 Å². The average Bonchev–Trinajstić information content (AvgIpc) is 3.05. The summed E-state index contributed by atoms with van der Waals surface area (Å²) in [4.78, 5) is 1.40. The number of nitrogens with one attached hydrogen (secondary N) is 2. The van der Waals surface area contributed by atoms with Crippen molar-refractivity contribution in [3.8, 4) is 22.3 Å². The summed E-state index contributed by atoms with van der Waals surface area (Å²) >= 11 is 0. The largest absolute Gasteiger partial charge is 0.355 e. The van der Waals surface area contributed by atoms with Crippen molar-refractivity contribution in [3.63, 3.8) is 0 Å². The first-order valence-electron chi connectivity index (χ1n) is 15.0. The summed E-state index contributed by atoms with van der Waals surface area (Å²) in [7, 11) is -1.23. The Morgan fingerprint density at radius 2 is 0.795 bits per heavy atom. The van der Waals surface area contributed by atoms with Crippen LogP contribution in [0.25, 0.3) is 43.8 Å². The summed E-state index contributed by atoms with van der Waals surface area (Å²) in [5.41, 5.74) is 9.40. The molecule has 0 aliphatic carbocycles. The molecule has 0 aliphatic rings. The van der Waals surface area contributed by atoms with Crippen molar-refractivity contribution in [3.05, 3.63) is 152 Å². The van der Waals surface area contributed by atoms with E-state index in [2.05, 4.69) is 181 Å². The molecule has 0 fully saturated rings. The van der Waals surface area contributed by atoms with Gasteiger partial charge in [0, 0.05) is 38.8 Å². The Labute approximate surface area is 261 Å². The molecule has 7 aromatic carbocycles. The first-order chi connectivity index (χ1) is 21.5. The Hall–Kier alpha value is -4.99. The van der Waals surface area contributed by atoms with Gasteiger partial charge in [-0.3, -0.25) is 0 Å². The number of anilines is 4. The van der Waals surface area contributed by atoms with Gasteiger partial charge in [-0.1, -0.05) is 115 Å². The molecule has 0 atom stereocenters. The molecule has 44 heavy (non-hydrogen) atoms. The van der Waals surface area contributed by atoms with E-state index >= 15 is 0 Å².